The van der Waals surface area contributed by atoms with E-state index in [1.165, 1.54) is 7.11 Å². The Balaban J connectivity index is 1.59. The summed E-state index contributed by atoms with van der Waals surface area (Å²) in [6.45, 7) is 0. The fourth-order valence-corrected chi connectivity index (χ4v) is 3.23. The number of aromatic amines is 2. The molecule has 2 aromatic heterocycles. The van der Waals surface area contributed by atoms with Crippen LogP contribution in [0.5, 0.6) is 0 Å². The number of hydrogen-bond donors (Lipinski definition) is 4. The van der Waals surface area contributed by atoms with Crippen molar-refractivity contribution in [2.24, 2.45) is 0 Å². The van der Waals surface area contributed by atoms with Gasteiger partial charge in [-0.25, -0.2) is 0 Å². The van der Waals surface area contributed by atoms with Crippen LogP contribution in [0.4, 0.5) is 11.4 Å². The molecule has 4 aromatic rings. The molecule has 0 spiro atoms. The molecule has 2 heterocycles. The summed E-state index contributed by atoms with van der Waals surface area (Å²) >= 11 is 6.07. The molecule has 2 amide bonds. The summed E-state index contributed by atoms with van der Waals surface area (Å²) in [6.07, 6.45) is -0.420. The molecule has 32 heavy (non-hydrogen) atoms. The fourth-order valence-electron chi connectivity index (χ4n) is 3.06. The molecule has 0 bridgehead atoms. The quantitative estimate of drug-likeness (QED) is 0.258. The Morgan fingerprint density at radius 2 is 1.94 bits per heavy atom. The van der Waals surface area contributed by atoms with Crippen LogP contribution in [0.15, 0.2) is 42.5 Å². The van der Waals surface area contributed by atoms with Gasteiger partial charge in [0.25, 0.3) is 5.91 Å². The van der Waals surface area contributed by atoms with Crippen molar-refractivity contribution < 1.29 is 19.1 Å². The lowest BCUT2D eigenvalue weighted by atomic mass is 10.1. The molecule has 0 aliphatic carbocycles. The van der Waals surface area contributed by atoms with Gasteiger partial charge in [0.1, 0.15) is 12.1 Å². The Labute approximate surface area is 185 Å². The van der Waals surface area contributed by atoms with E-state index in [2.05, 4.69) is 41.0 Å². The maximum Gasteiger partial charge on any atom is 0.315 e. The van der Waals surface area contributed by atoms with Crippen LogP contribution in [0.1, 0.15) is 16.9 Å². The smallest absolute Gasteiger partial charge is 0.315 e. The maximum atomic E-state index is 12.9. The number of anilines is 2. The first-order valence-electron chi connectivity index (χ1n) is 9.27. The molecular formula is C20H16ClN7O4. The van der Waals surface area contributed by atoms with Gasteiger partial charge in [-0.2, -0.15) is 5.21 Å². The standard InChI is InChI=1S/C20H16ClN7O4/c1-32-17(30)9-16(29)22-14-4-2-3-10-7-15(23-18(10)14)20(31)24-13-6-5-11(21)8-12(13)19-25-27-28-26-19/h2-8,23H,9H2,1H3,(H,22,29)(H,24,31)(H,25,26,27,28). The van der Waals surface area contributed by atoms with E-state index in [1.807, 2.05) is 0 Å². The first-order valence-corrected chi connectivity index (χ1v) is 9.65. The van der Waals surface area contributed by atoms with Crippen LogP contribution in [-0.2, 0) is 14.3 Å². The highest BCUT2D eigenvalue weighted by atomic mass is 35.5. The van der Waals surface area contributed by atoms with Gasteiger partial charge in [0, 0.05) is 16.0 Å². The predicted octanol–water partition coefficient (Wildman–Crippen LogP) is 2.76. The lowest BCUT2D eigenvalue weighted by molar-refractivity contribution is -0.142. The van der Waals surface area contributed by atoms with Gasteiger partial charge in [-0.1, -0.05) is 23.7 Å². The van der Waals surface area contributed by atoms with Gasteiger partial charge in [-0.05, 0) is 35.5 Å². The molecule has 0 saturated heterocycles. The van der Waals surface area contributed by atoms with Crippen molar-refractivity contribution in [3.8, 4) is 11.4 Å². The summed E-state index contributed by atoms with van der Waals surface area (Å²) in [5.41, 5.74) is 2.14. The number of halogens is 1. The summed E-state index contributed by atoms with van der Waals surface area (Å²) in [4.78, 5) is 39.3. The summed E-state index contributed by atoms with van der Waals surface area (Å²) in [5.74, 6) is -1.34. The second-order valence-corrected chi connectivity index (χ2v) is 7.07. The van der Waals surface area contributed by atoms with Crippen LogP contribution in [0, 0.1) is 0 Å². The number of nitrogens with one attached hydrogen (secondary N) is 4. The Morgan fingerprint density at radius 1 is 1.09 bits per heavy atom. The summed E-state index contributed by atoms with van der Waals surface area (Å²) < 4.78 is 4.50. The molecule has 4 N–H and O–H groups in total. The topological polar surface area (TPSA) is 155 Å². The molecule has 162 valence electrons. The number of nitrogens with zero attached hydrogens (tertiary/aromatic N) is 3. The summed E-state index contributed by atoms with van der Waals surface area (Å²) in [5, 5.41) is 20.3. The second kappa shape index (κ2) is 8.86. The number of carbonyl (C=O) groups is 3. The molecule has 4 rings (SSSR count). The van der Waals surface area contributed by atoms with Gasteiger partial charge in [0.15, 0.2) is 0 Å². The number of aromatic nitrogens is 5. The Bertz CT molecular complexity index is 1320. The third-order valence-electron chi connectivity index (χ3n) is 4.52. The summed E-state index contributed by atoms with van der Waals surface area (Å²) in [6, 6.07) is 11.7. The molecule has 0 saturated carbocycles. The highest BCUT2D eigenvalue weighted by Gasteiger charge is 2.17. The molecule has 0 radical (unpaired) electrons. The van der Waals surface area contributed by atoms with E-state index in [9.17, 15) is 14.4 Å². The number of esters is 1. The van der Waals surface area contributed by atoms with Gasteiger partial charge in [-0.15, -0.1) is 10.2 Å². The molecular weight excluding hydrogens is 438 g/mol. The minimum Gasteiger partial charge on any atom is -0.469 e. The first-order chi connectivity index (χ1) is 15.4. The summed E-state index contributed by atoms with van der Waals surface area (Å²) in [7, 11) is 1.21. The third-order valence-corrected chi connectivity index (χ3v) is 4.76. The van der Waals surface area contributed by atoms with Gasteiger partial charge in [0.05, 0.1) is 24.0 Å². The van der Waals surface area contributed by atoms with Gasteiger partial charge in [-0.3, -0.25) is 14.4 Å². The van der Waals surface area contributed by atoms with Crippen molar-refractivity contribution >= 4 is 51.7 Å². The largest absolute Gasteiger partial charge is 0.469 e. The van der Waals surface area contributed by atoms with E-state index >= 15 is 0 Å². The number of hydrogen-bond acceptors (Lipinski definition) is 7. The normalized spacial score (nSPS) is 10.7. The Kier molecular flexibility index (Phi) is 5.81. The van der Waals surface area contributed by atoms with Crippen LogP contribution < -0.4 is 10.6 Å². The van der Waals surface area contributed by atoms with E-state index in [4.69, 9.17) is 11.6 Å². The lowest BCUT2D eigenvalue weighted by Crippen LogP contribution is -2.17. The maximum absolute atomic E-state index is 12.9. The number of fused-ring (bicyclic) bond motifs is 1. The van der Waals surface area contributed by atoms with Crippen molar-refractivity contribution in [1.29, 1.82) is 0 Å². The zero-order valence-electron chi connectivity index (χ0n) is 16.6. The highest BCUT2D eigenvalue weighted by molar-refractivity contribution is 6.31. The zero-order chi connectivity index (χ0) is 22.7. The van der Waals surface area contributed by atoms with E-state index < -0.39 is 24.2 Å². The van der Waals surface area contributed by atoms with Crippen LogP contribution in [-0.4, -0.2) is 50.5 Å². The third kappa shape index (κ3) is 4.42. The SMILES string of the molecule is COC(=O)CC(=O)Nc1cccc2cc(C(=O)Nc3ccc(Cl)cc3-c3nn[nH]n3)[nH]c12. The van der Waals surface area contributed by atoms with E-state index in [0.717, 1.165) is 0 Å². The number of amides is 2. The number of carbonyl (C=O) groups excluding carboxylic acids is 3. The number of H-pyrrole nitrogens is 2. The van der Waals surface area contributed by atoms with Crippen molar-refractivity contribution in [3.05, 3.63) is 53.2 Å². The van der Waals surface area contributed by atoms with Gasteiger partial charge in [0.2, 0.25) is 11.7 Å². The average molecular weight is 454 g/mol. The van der Waals surface area contributed by atoms with Gasteiger partial charge < -0.3 is 20.4 Å². The fraction of sp³-hybridized carbons (Fsp3) is 0.100. The molecule has 0 fully saturated rings. The molecule has 0 unspecified atom stereocenters. The van der Waals surface area contributed by atoms with Crippen LogP contribution in [0.2, 0.25) is 5.02 Å². The highest BCUT2D eigenvalue weighted by Crippen LogP contribution is 2.29. The molecule has 0 aliphatic heterocycles. The molecule has 11 nitrogen and oxygen atoms in total. The van der Waals surface area contributed by atoms with Crippen molar-refractivity contribution in [2.75, 3.05) is 17.7 Å². The van der Waals surface area contributed by atoms with E-state index in [-0.39, 0.29) is 11.5 Å². The predicted molar refractivity (Wildman–Crippen MR) is 116 cm³/mol. The first kappa shape index (κ1) is 21.0. The molecule has 2 aromatic carbocycles. The number of para-hydroxylation sites is 1. The van der Waals surface area contributed by atoms with E-state index in [1.54, 1.807) is 42.5 Å². The lowest BCUT2D eigenvalue weighted by Gasteiger charge is -2.08. The average Bonchev–Trinajstić information content (AvgIpc) is 3.45. The van der Waals surface area contributed by atoms with Crippen LogP contribution in [0.25, 0.3) is 22.3 Å². The number of tetrazole rings is 1. The minimum absolute atomic E-state index is 0.253. The van der Waals surface area contributed by atoms with Crippen molar-refractivity contribution in [3.63, 3.8) is 0 Å². The minimum atomic E-state index is -0.651. The number of methoxy groups -OCH3 is 1. The molecule has 12 heteroatoms. The molecule has 0 atom stereocenters. The number of benzene rings is 2. The van der Waals surface area contributed by atoms with E-state index in [0.29, 0.717) is 32.9 Å². The second-order valence-electron chi connectivity index (χ2n) is 6.63. The van der Waals surface area contributed by atoms with Gasteiger partial charge >= 0.3 is 5.97 Å². The number of ether oxygens (including phenoxy) is 1. The number of rotatable bonds is 6. The Hall–Kier alpha value is -4.25. The van der Waals surface area contributed by atoms with Crippen LogP contribution >= 0.6 is 11.6 Å². The monoisotopic (exact) mass is 453 g/mol. The Morgan fingerprint density at radius 3 is 2.69 bits per heavy atom. The molecule has 0 aliphatic rings. The van der Waals surface area contributed by atoms with Crippen molar-refractivity contribution in [2.45, 2.75) is 6.42 Å². The van der Waals surface area contributed by atoms with Crippen molar-refractivity contribution in [1.82, 2.24) is 25.6 Å². The zero-order valence-corrected chi connectivity index (χ0v) is 17.4. The van der Waals surface area contributed by atoms with Crippen LogP contribution in [0.3, 0.4) is 0 Å².